The minimum absolute atomic E-state index is 0.0381. The molecule has 0 bridgehead atoms. The number of amides is 1. The molecule has 0 spiro atoms. The van der Waals surface area contributed by atoms with Crippen LogP contribution in [0.2, 0.25) is 0 Å². The summed E-state index contributed by atoms with van der Waals surface area (Å²) in [4.78, 5) is 35.8. The van der Waals surface area contributed by atoms with Crippen LogP contribution in [0.1, 0.15) is 24.1 Å². The van der Waals surface area contributed by atoms with E-state index in [0.717, 1.165) is 5.56 Å². The zero-order chi connectivity index (χ0) is 15.9. The molecule has 1 aromatic carbocycles. The maximum absolute atomic E-state index is 11.7. The Morgan fingerprint density at radius 1 is 1.36 bits per heavy atom. The van der Waals surface area contributed by atoms with Gasteiger partial charge < -0.3 is 0 Å². The van der Waals surface area contributed by atoms with Crippen LogP contribution in [0.5, 0.6) is 0 Å². The van der Waals surface area contributed by atoms with E-state index in [9.17, 15) is 14.4 Å². The summed E-state index contributed by atoms with van der Waals surface area (Å²) in [6.45, 7) is 1.94. The number of H-pyrrole nitrogens is 2. The summed E-state index contributed by atoms with van der Waals surface area (Å²) in [5.41, 5.74) is 1.90. The van der Waals surface area contributed by atoms with Crippen LogP contribution in [0.3, 0.4) is 0 Å². The minimum atomic E-state index is -0.719. The second-order valence-electron chi connectivity index (χ2n) is 4.64. The molecular weight excluding hydrogens is 286 g/mol. The van der Waals surface area contributed by atoms with Gasteiger partial charge in [0, 0.05) is 12.1 Å². The smallest absolute Gasteiger partial charge is 0.273 e. The molecule has 3 N–H and O–H groups in total. The predicted molar refractivity (Wildman–Crippen MR) is 80.7 cm³/mol. The number of aromatic amines is 2. The highest BCUT2D eigenvalue weighted by Crippen LogP contribution is 2.11. The Morgan fingerprint density at radius 2 is 2.09 bits per heavy atom. The number of benzene rings is 1. The standard InChI is InChI=1S/C14H15N5O3/c1-9(10-5-3-2-4-6-10)8-15-18-12(20)7-11-13(21)16-14(22)19-17-11/h2-6,8-9H,7H2,1H3,(H,18,20)(H2,16,19,21,22)/b15-8+/t9-/m0/s1. The van der Waals surface area contributed by atoms with Crippen LogP contribution < -0.4 is 16.7 Å². The third kappa shape index (κ3) is 4.23. The van der Waals surface area contributed by atoms with Crippen molar-refractivity contribution in [3.63, 3.8) is 0 Å². The van der Waals surface area contributed by atoms with Gasteiger partial charge in [0.1, 0.15) is 5.69 Å². The lowest BCUT2D eigenvalue weighted by Crippen LogP contribution is -2.31. The number of hydrogen-bond donors (Lipinski definition) is 3. The predicted octanol–water partition coefficient (Wildman–Crippen LogP) is -0.0936. The fourth-order valence-corrected chi connectivity index (χ4v) is 1.75. The minimum Gasteiger partial charge on any atom is -0.273 e. The maximum Gasteiger partial charge on any atom is 0.342 e. The molecule has 0 aliphatic heterocycles. The fourth-order valence-electron chi connectivity index (χ4n) is 1.75. The van der Waals surface area contributed by atoms with Gasteiger partial charge >= 0.3 is 5.69 Å². The van der Waals surface area contributed by atoms with Crippen LogP contribution in [0, 0.1) is 0 Å². The molecule has 114 valence electrons. The zero-order valence-electron chi connectivity index (χ0n) is 11.9. The summed E-state index contributed by atoms with van der Waals surface area (Å²) in [6, 6.07) is 9.69. The van der Waals surface area contributed by atoms with E-state index in [-0.39, 0.29) is 18.0 Å². The van der Waals surface area contributed by atoms with Crippen molar-refractivity contribution in [1.82, 2.24) is 20.6 Å². The highest BCUT2D eigenvalue weighted by Gasteiger charge is 2.08. The van der Waals surface area contributed by atoms with Crippen molar-refractivity contribution in [1.29, 1.82) is 0 Å². The Kier molecular flexibility index (Phi) is 4.97. The van der Waals surface area contributed by atoms with Gasteiger partial charge in [0.05, 0.1) is 6.42 Å². The molecule has 1 atom stereocenters. The number of aromatic nitrogens is 3. The summed E-state index contributed by atoms with van der Waals surface area (Å²) in [7, 11) is 0. The van der Waals surface area contributed by atoms with Gasteiger partial charge in [0.15, 0.2) is 0 Å². The highest BCUT2D eigenvalue weighted by molar-refractivity contribution is 5.79. The van der Waals surface area contributed by atoms with Crippen molar-refractivity contribution in [2.45, 2.75) is 19.3 Å². The van der Waals surface area contributed by atoms with E-state index in [4.69, 9.17) is 0 Å². The molecule has 0 radical (unpaired) electrons. The van der Waals surface area contributed by atoms with Crippen LogP contribution in [0.25, 0.3) is 0 Å². The van der Waals surface area contributed by atoms with Crippen molar-refractivity contribution < 1.29 is 4.79 Å². The molecule has 0 saturated carbocycles. The summed E-state index contributed by atoms with van der Waals surface area (Å²) in [6.07, 6.45) is 1.32. The Balaban J connectivity index is 1.91. The molecule has 8 nitrogen and oxygen atoms in total. The molecule has 1 aromatic heterocycles. The Hall–Kier alpha value is -3.03. The molecule has 0 fully saturated rings. The number of nitrogens with zero attached hydrogens (tertiary/aromatic N) is 2. The lowest BCUT2D eigenvalue weighted by atomic mass is 10.0. The molecule has 1 heterocycles. The van der Waals surface area contributed by atoms with E-state index < -0.39 is 17.2 Å². The van der Waals surface area contributed by atoms with E-state index in [2.05, 4.69) is 20.7 Å². The summed E-state index contributed by atoms with van der Waals surface area (Å²) < 4.78 is 0. The lowest BCUT2D eigenvalue weighted by Gasteiger charge is -2.05. The molecule has 0 aliphatic rings. The number of carbonyl (C=O) groups excluding carboxylic acids is 1. The molecule has 0 aliphatic carbocycles. The molecule has 2 rings (SSSR count). The Morgan fingerprint density at radius 3 is 2.77 bits per heavy atom. The summed E-state index contributed by atoms with van der Waals surface area (Å²) >= 11 is 0. The van der Waals surface area contributed by atoms with Gasteiger partial charge in [-0.1, -0.05) is 37.3 Å². The van der Waals surface area contributed by atoms with E-state index in [0.29, 0.717) is 0 Å². The third-order valence-electron chi connectivity index (χ3n) is 2.92. The monoisotopic (exact) mass is 301 g/mol. The van der Waals surface area contributed by atoms with Gasteiger partial charge in [-0.15, -0.1) is 0 Å². The molecule has 2 aromatic rings. The molecule has 8 heteroatoms. The first kappa shape index (κ1) is 15.4. The average Bonchev–Trinajstić information content (AvgIpc) is 2.51. The first-order chi connectivity index (χ1) is 10.6. The van der Waals surface area contributed by atoms with E-state index in [1.54, 1.807) is 6.21 Å². The first-order valence-electron chi connectivity index (χ1n) is 6.61. The topological polar surface area (TPSA) is 120 Å². The van der Waals surface area contributed by atoms with Crippen molar-refractivity contribution in [2.24, 2.45) is 5.10 Å². The number of carbonyl (C=O) groups is 1. The van der Waals surface area contributed by atoms with E-state index in [1.165, 1.54) is 0 Å². The van der Waals surface area contributed by atoms with Crippen LogP contribution in [0.15, 0.2) is 45.0 Å². The van der Waals surface area contributed by atoms with Crippen LogP contribution in [-0.4, -0.2) is 27.3 Å². The van der Waals surface area contributed by atoms with Crippen LogP contribution in [0.4, 0.5) is 0 Å². The van der Waals surface area contributed by atoms with Crippen molar-refractivity contribution >= 4 is 12.1 Å². The van der Waals surface area contributed by atoms with Gasteiger partial charge in [-0.25, -0.2) is 15.3 Å². The molecule has 0 unspecified atom stereocenters. The van der Waals surface area contributed by atoms with E-state index >= 15 is 0 Å². The number of rotatable bonds is 5. The van der Waals surface area contributed by atoms with Crippen molar-refractivity contribution in [3.8, 4) is 0 Å². The maximum atomic E-state index is 11.7. The van der Waals surface area contributed by atoms with Gasteiger partial charge in [0.2, 0.25) is 5.91 Å². The van der Waals surface area contributed by atoms with Gasteiger partial charge in [-0.05, 0) is 5.56 Å². The third-order valence-corrected chi connectivity index (χ3v) is 2.92. The van der Waals surface area contributed by atoms with Crippen molar-refractivity contribution in [2.75, 3.05) is 0 Å². The first-order valence-corrected chi connectivity index (χ1v) is 6.61. The zero-order valence-corrected chi connectivity index (χ0v) is 11.9. The second-order valence-corrected chi connectivity index (χ2v) is 4.64. The summed E-state index contributed by atoms with van der Waals surface area (Å²) in [5.74, 6) is -0.460. The average molecular weight is 301 g/mol. The van der Waals surface area contributed by atoms with Gasteiger partial charge in [-0.2, -0.15) is 10.2 Å². The fraction of sp³-hybridized carbons (Fsp3) is 0.214. The van der Waals surface area contributed by atoms with Crippen LogP contribution >= 0.6 is 0 Å². The molecule has 1 amide bonds. The second kappa shape index (κ2) is 7.11. The van der Waals surface area contributed by atoms with Gasteiger partial charge in [0.25, 0.3) is 5.56 Å². The van der Waals surface area contributed by atoms with Crippen molar-refractivity contribution in [3.05, 3.63) is 62.4 Å². The Labute approximate surface area is 125 Å². The quantitative estimate of drug-likeness (QED) is 0.528. The lowest BCUT2D eigenvalue weighted by molar-refractivity contribution is -0.120. The highest BCUT2D eigenvalue weighted by atomic mass is 16.2. The van der Waals surface area contributed by atoms with Gasteiger partial charge in [-0.3, -0.25) is 14.6 Å². The molecule has 22 heavy (non-hydrogen) atoms. The molecule has 0 saturated heterocycles. The summed E-state index contributed by atoms with van der Waals surface area (Å²) in [5, 5.41) is 9.43. The number of nitrogens with one attached hydrogen (secondary N) is 3. The van der Waals surface area contributed by atoms with E-state index in [1.807, 2.05) is 42.2 Å². The largest absolute Gasteiger partial charge is 0.342 e. The molecular formula is C14H15N5O3. The number of hydrogen-bond acceptors (Lipinski definition) is 5. The Bertz CT molecular complexity index is 779. The number of hydrazone groups is 1. The van der Waals surface area contributed by atoms with Crippen LogP contribution in [-0.2, 0) is 11.2 Å². The normalized spacial score (nSPS) is 12.2. The SMILES string of the molecule is C[C@@H](/C=N/NC(=O)Cc1n[nH]c(=O)[nH]c1=O)c1ccccc1.